The van der Waals surface area contributed by atoms with Crippen LogP contribution in [-0.2, 0) is 21.2 Å². The van der Waals surface area contributed by atoms with Crippen LogP contribution in [-0.4, -0.2) is 35.4 Å². The summed E-state index contributed by atoms with van der Waals surface area (Å²) in [6, 6.07) is 7.50. The van der Waals surface area contributed by atoms with Crippen molar-refractivity contribution in [3.8, 4) is 0 Å². The van der Waals surface area contributed by atoms with E-state index in [2.05, 4.69) is 10.3 Å². The topological polar surface area (TPSA) is 81.1 Å². The fourth-order valence-corrected chi connectivity index (χ4v) is 2.35. The van der Waals surface area contributed by atoms with Crippen molar-refractivity contribution < 1.29 is 13.2 Å². The van der Waals surface area contributed by atoms with Crippen molar-refractivity contribution in [2.24, 2.45) is 0 Å². The van der Waals surface area contributed by atoms with Crippen molar-refractivity contribution in [2.45, 2.75) is 25.6 Å². The summed E-state index contributed by atoms with van der Waals surface area (Å²) >= 11 is 0. The van der Waals surface area contributed by atoms with Crippen LogP contribution >= 0.6 is 0 Å². The number of carbonyl (C=O) groups excluding carboxylic acids is 1. The lowest BCUT2D eigenvalue weighted by Gasteiger charge is -2.11. The van der Waals surface area contributed by atoms with Crippen LogP contribution in [0.3, 0.4) is 0 Å². The Labute approximate surface area is 117 Å². The predicted octanol–water partition coefficient (Wildman–Crippen LogP) is 1.43. The van der Waals surface area contributed by atoms with Gasteiger partial charge in [0, 0.05) is 12.8 Å². The maximum atomic E-state index is 12.0. The first-order chi connectivity index (χ1) is 9.34. The van der Waals surface area contributed by atoms with Gasteiger partial charge in [-0.25, -0.2) is 13.4 Å². The van der Waals surface area contributed by atoms with Gasteiger partial charge in [0.1, 0.15) is 5.25 Å². The van der Waals surface area contributed by atoms with Gasteiger partial charge in [0.25, 0.3) is 0 Å². The first-order valence-electron chi connectivity index (χ1n) is 6.29. The van der Waals surface area contributed by atoms with Crippen LogP contribution < -0.4 is 5.32 Å². The molecule has 2 rings (SSSR count). The fraction of sp³-hybridized carbons (Fsp3) is 0.385. The molecule has 1 atom stereocenters. The third-order valence-corrected chi connectivity index (χ3v) is 4.72. The molecule has 108 valence electrons. The smallest absolute Gasteiger partial charge is 0.244 e. The van der Waals surface area contributed by atoms with E-state index >= 15 is 0 Å². The normalized spacial score (nSPS) is 13.3. The average molecular weight is 295 g/mol. The number of aromatic nitrogens is 2. The molecule has 0 radical (unpaired) electrons. The van der Waals surface area contributed by atoms with Gasteiger partial charge in [-0.05, 0) is 26.0 Å². The molecule has 6 nitrogen and oxygen atoms in total. The number of fused-ring (bicyclic) bond motifs is 1. The molecule has 2 aromatic rings. The fourth-order valence-electron chi connectivity index (χ4n) is 1.90. The summed E-state index contributed by atoms with van der Waals surface area (Å²) in [5.41, 5.74) is 1.66. The molecule has 1 aromatic carbocycles. The van der Waals surface area contributed by atoms with Crippen molar-refractivity contribution in [3.05, 3.63) is 24.3 Å². The highest BCUT2D eigenvalue weighted by molar-refractivity contribution is 7.92. The van der Waals surface area contributed by atoms with Crippen LogP contribution in [0.1, 0.15) is 13.8 Å². The number of amides is 1. The van der Waals surface area contributed by atoms with E-state index in [1.807, 2.05) is 35.8 Å². The molecule has 0 unspecified atom stereocenters. The lowest BCUT2D eigenvalue weighted by atomic mass is 10.3. The Bertz CT molecular complexity index is 749. The summed E-state index contributed by atoms with van der Waals surface area (Å²) in [6.45, 7) is 3.93. The van der Waals surface area contributed by atoms with Crippen LogP contribution in [0.5, 0.6) is 0 Å². The number of hydrogen-bond donors (Lipinski definition) is 1. The zero-order chi connectivity index (χ0) is 14.9. The molecule has 0 saturated heterocycles. The minimum atomic E-state index is -3.42. The Hall–Kier alpha value is -1.89. The molecule has 0 fully saturated rings. The minimum absolute atomic E-state index is 0.370. The van der Waals surface area contributed by atoms with Gasteiger partial charge < -0.3 is 4.57 Å². The Morgan fingerprint density at radius 2 is 2.05 bits per heavy atom. The molecule has 0 bridgehead atoms. The van der Waals surface area contributed by atoms with Gasteiger partial charge in [-0.2, -0.15) is 0 Å². The maximum absolute atomic E-state index is 12.0. The molecule has 7 heteroatoms. The van der Waals surface area contributed by atoms with Crippen molar-refractivity contribution in [1.29, 1.82) is 0 Å². The third kappa shape index (κ3) is 2.67. The summed E-state index contributed by atoms with van der Waals surface area (Å²) < 4.78 is 24.6. The molecule has 1 aromatic heterocycles. The second-order valence-corrected chi connectivity index (χ2v) is 7.00. The standard InChI is InChI=1S/C13H17N3O3S/c1-4-16-11-8-6-5-7-10(11)14-13(16)15-12(17)9(2)20(3,18)19/h5-9H,4H2,1-3H3,(H,14,15,17)/t9-/m1/s1. The number of hydrogen-bond acceptors (Lipinski definition) is 4. The van der Waals surface area contributed by atoms with E-state index in [0.29, 0.717) is 12.5 Å². The largest absolute Gasteiger partial charge is 0.310 e. The molecule has 1 amide bonds. The second-order valence-electron chi connectivity index (χ2n) is 4.63. The summed E-state index contributed by atoms with van der Waals surface area (Å²) in [5.74, 6) is -0.202. The van der Waals surface area contributed by atoms with Crippen molar-refractivity contribution in [1.82, 2.24) is 9.55 Å². The van der Waals surface area contributed by atoms with E-state index in [1.54, 1.807) is 0 Å². The number of anilines is 1. The summed E-state index contributed by atoms with van der Waals surface area (Å²) in [6.07, 6.45) is 1.04. The molecule has 0 aliphatic carbocycles. The number of aryl methyl sites for hydroxylation is 1. The first kappa shape index (κ1) is 14.5. The maximum Gasteiger partial charge on any atom is 0.244 e. The third-order valence-electron chi connectivity index (χ3n) is 3.22. The molecule has 1 N–H and O–H groups in total. The van der Waals surface area contributed by atoms with Crippen molar-refractivity contribution in [2.75, 3.05) is 11.6 Å². The van der Waals surface area contributed by atoms with E-state index in [-0.39, 0.29) is 0 Å². The van der Waals surface area contributed by atoms with Crippen LogP contribution in [0.15, 0.2) is 24.3 Å². The van der Waals surface area contributed by atoms with Gasteiger partial charge in [-0.15, -0.1) is 0 Å². The minimum Gasteiger partial charge on any atom is -0.310 e. The van der Waals surface area contributed by atoms with E-state index in [0.717, 1.165) is 17.3 Å². The monoisotopic (exact) mass is 295 g/mol. The number of carbonyl (C=O) groups is 1. The average Bonchev–Trinajstić information content (AvgIpc) is 2.73. The Morgan fingerprint density at radius 3 is 2.65 bits per heavy atom. The van der Waals surface area contributed by atoms with Gasteiger partial charge in [0.15, 0.2) is 9.84 Å². The second kappa shape index (κ2) is 5.24. The van der Waals surface area contributed by atoms with E-state index in [9.17, 15) is 13.2 Å². The van der Waals surface area contributed by atoms with E-state index < -0.39 is 21.0 Å². The van der Waals surface area contributed by atoms with Crippen LogP contribution in [0, 0.1) is 0 Å². The molecular weight excluding hydrogens is 278 g/mol. The molecular formula is C13H17N3O3S. The van der Waals surface area contributed by atoms with Crippen LogP contribution in [0.4, 0.5) is 5.95 Å². The van der Waals surface area contributed by atoms with E-state index in [1.165, 1.54) is 6.92 Å². The molecule has 0 spiro atoms. The van der Waals surface area contributed by atoms with Crippen LogP contribution in [0.2, 0.25) is 0 Å². The van der Waals surface area contributed by atoms with Gasteiger partial charge in [-0.1, -0.05) is 12.1 Å². The highest BCUT2D eigenvalue weighted by atomic mass is 32.2. The van der Waals surface area contributed by atoms with Crippen molar-refractivity contribution in [3.63, 3.8) is 0 Å². The zero-order valence-electron chi connectivity index (χ0n) is 11.6. The number of benzene rings is 1. The summed E-state index contributed by atoms with van der Waals surface area (Å²) in [5, 5.41) is 1.49. The lowest BCUT2D eigenvalue weighted by Crippen LogP contribution is -2.32. The molecule has 1 heterocycles. The Balaban J connectivity index is 2.37. The zero-order valence-corrected chi connectivity index (χ0v) is 12.4. The first-order valence-corrected chi connectivity index (χ1v) is 8.25. The molecule has 0 aliphatic rings. The molecule has 20 heavy (non-hydrogen) atoms. The van der Waals surface area contributed by atoms with Gasteiger partial charge in [0.2, 0.25) is 11.9 Å². The SMILES string of the molecule is CCn1c(NC(=O)[C@@H](C)S(C)(=O)=O)nc2ccccc21. The Kier molecular flexibility index (Phi) is 3.80. The van der Waals surface area contributed by atoms with Gasteiger partial charge in [-0.3, -0.25) is 10.1 Å². The molecule has 0 saturated carbocycles. The predicted molar refractivity (Wildman–Crippen MR) is 78.3 cm³/mol. The number of sulfone groups is 1. The van der Waals surface area contributed by atoms with Crippen molar-refractivity contribution >= 4 is 32.7 Å². The number of nitrogens with one attached hydrogen (secondary N) is 1. The lowest BCUT2D eigenvalue weighted by molar-refractivity contribution is -0.115. The highest BCUT2D eigenvalue weighted by Crippen LogP contribution is 2.19. The van der Waals surface area contributed by atoms with E-state index in [4.69, 9.17) is 0 Å². The number of nitrogens with zero attached hydrogens (tertiary/aromatic N) is 2. The summed E-state index contributed by atoms with van der Waals surface area (Å²) in [4.78, 5) is 16.3. The highest BCUT2D eigenvalue weighted by Gasteiger charge is 2.25. The number of imidazole rings is 1. The quantitative estimate of drug-likeness (QED) is 0.925. The number of rotatable bonds is 4. The van der Waals surface area contributed by atoms with Gasteiger partial charge in [0.05, 0.1) is 11.0 Å². The Morgan fingerprint density at radius 1 is 1.40 bits per heavy atom. The van der Waals surface area contributed by atoms with Gasteiger partial charge >= 0.3 is 0 Å². The molecule has 0 aliphatic heterocycles. The summed E-state index contributed by atoms with van der Waals surface area (Å²) in [7, 11) is -3.42. The number of para-hydroxylation sites is 2. The van der Waals surface area contributed by atoms with Crippen LogP contribution in [0.25, 0.3) is 11.0 Å².